The van der Waals surface area contributed by atoms with Crippen LogP contribution < -0.4 is 19.7 Å². The van der Waals surface area contributed by atoms with E-state index < -0.39 is 40.6 Å². The third-order valence-corrected chi connectivity index (χ3v) is 9.17. The minimum absolute atomic E-state index is 0.0157. The van der Waals surface area contributed by atoms with Gasteiger partial charge in [-0.25, -0.2) is 13.2 Å². The second-order valence-corrected chi connectivity index (χ2v) is 13.0. The van der Waals surface area contributed by atoms with Crippen LogP contribution in [0.25, 0.3) is 0 Å². The number of nitrogens with one attached hydrogen (secondary N) is 1. The lowest BCUT2D eigenvalue weighted by molar-refractivity contribution is -0.0119. The summed E-state index contributed by atoms with van der Waals surface area (Å²) in [6.07, 6.45) is -3.79. The van der Waals surface area contributed by atoms with Crippen LogP contribution in [0, 0.1) is 5.92 Å². The first-order valence-electron chi connectivity index (χ1n) is 14.2. The van der Waals surface area contributed by atoms with Crippen LogP contribution in [0.3, 0.4) is 0 Å². The molecule has 2 aliphatic rings. The predicted molar refractivity (Wildman–Crippen MR) is 159 cm³/mol. The molecule has 230 valence electrons. The second kappa shape index (κ2) is 13.3. The number of carbonyl (C=O) groups is 1. The SMILES string of the molecule is CC(C)CN(C[C@@H](O)[C@H](Cc1ccccc1)NC(O)[C@@H]1CN(c2ccccc2)C(=O)O1)S(=O)(=O)c1ccc2c(c1)OCO2. The highest BCUT2D eigenvalue weighted by atomic mass is 32.2. The van der Waals surface area contributed by atoms with Crippen molar-refractivity contribution < 1.29 is 37.6 Å². The molecular weight excluding hydrogens is 574 g/mol. The van der Waals surface area contributed by atoms with Gasteiger partial charge < -0.3 is 24.4 Å². The summed E-state index contributed by atoms with van der Waals surface area (Å²) in [5.41, 5.74) is 1.51. The molecule has 2 aliphatic heterocycles. The van der Waals surface area contributed by atoms with Crippen molar-refractivity contribution in [2.45, 2.75) is 49.6 Å². The van der Waals surface area contributed by atoms with Crippen molar-refractivity contribution in [3.63, 3.8) is 0 Å². The number of hydrogen-bond donors (Lipinski definition) is 3. The van der Waals surface area contributed by atoms with Crippen molar-refractivity contribution >= 4 is 21.8 Å². The number of cyclic esters (lactones) is 1. The fraction of sp³-hybridized carbons (Fsp3) is 0.387. The molecule has 1 amide bonds. The fourth-order valence-corrected chi connectivity index (χ4v) is 6.81. The average Bonchev–Trinajstić information content (AvgIpc) is 3.63. The molecule has 5 rings (SSSR count). The monoisotopic (exact) mass is 611 g/mol. The summed E-state index contributed by atoms with van der Waals surface area (Å²) >= 11 is 0. The molecule has 0 spiro atoms. The number of anilines is 1. The van der Waals surface area contributed by atoms with Crippen molar-refractivity contribution in [2.75, 3.05) is 31.3 Å². The van der Waals surface area contributed by atoms with Crippen LogP contribution in [-0.4, -0.2) is 79.9 Å². The zero-order chi connectivity index (χ0) is 30.6. The Hall–Kier alpha value is -3.68. The van der Waals surface area contributed by atoms with Crippen molar-refractivity contribution in [1.82, 2.24) is 9.62 Å². The number of ether oxygens (including phenoxy) is 3. The number of carbonyl (C=O) groups excluding carboxylic acids is 1. The van der Waals surface area contributed by atoms with E-state index in [0.717, 1.165) is 5.56 Å². The summed E-state index contributed by atoms with van der Waals surface area (Å²) in [6.45, 7) is 3.81. The lowest BCUT2D eigenvalue weighted by atomic mass is 10.00. The molecule has 4 atom stereocenters. The van der Waals surface area contributed by atoms with Gasteiger partial charge in [0.05, 0.1) is 17.5 Å². The summed E-state index contributed by atoms with van der Waals surface area (Å²) in [5.74, 6) is 0.770. The summed E-state index contributed by atoms with van der Waals surface area (Å²) in [6, 6.07) is 22.0. The molecule has 3 aromatic rings. The van der Waals surface area contributed by atoms with E-state index in [1.54, 1.807) is 30.3 Å². The molecule has 1 fully saturated rings. The summed E-state index contributed by atoms with van der Waals surface area (Å²) in [4.78, 5) is 14.0. The molecule has 0 aliphatic carbocycles. The number of hydrogen-bond acceptors (Lipinski definition) is 9. The third-order valence-electron chi connectivity index (χ3n) is 7.34. The van der Waals surface area contributed by atoms with Gasteiger partial charge in [-0.1, -0.05) is 62.4 Å². The van der Waals surface area contributed by atoms with Gasteiger partial charge in [0.25, 0.3) is 0 Å². The lowest BCUT2D eigenvalue weighted by Crippen LogP contribution is -2.55. The first-order valence-corrected chi connectivity index (χ1v) is 15.6. The van der Waals surface area contributed by atoms with Crippen molar-refractivity contribution in [2.24, 2.45) is 5.92 Å². The lowest BCUT2D eigenvalue weighted by Gasteiger charge is -2.32. The first kappa shape index (κ1) is 30.8. The summed E-state index contributed by atoms with van der Waals surface area (Å²) < 4.78 is 45.0. The Bertz CT molecular complexity index is 1490. The Morgan fingerprint density at radius 3 is 2.33 bits per heavy atom. The van der Waals surface area contributed by atoms with Crippen molar-refractivity contribution in [3.8, 4) is 11.5 Å². The number of rotatable bonds is 13. The van der Waals surface area contributed by atoms with E-state index in [1.165, 1.54) is 21.3 Å². The van der Waals surface area contributed by atoms with E-state index >= 15 is 0 Å². The van der Waals surface area contributed by atoms with Gasteiger partial charge in [0.15, 0.2) is 17.6 Å². The maximum absolute atomic E-state index is 13.8. The van der Waals surface area contributed by atoms with Gasteiger partial charge in [-0.2, -0.15) is 4.31 Å². The molecule has 3 N–H and O–H groups in total. The fourth-order valence-electron chi connectivity index (χ4n) is 5.17. The molecule has 3 aromatic carbocycles. The van der Waals surface area contributed by atoms with Gasteiger partial charge in [-0.15, -0.1) is 0 Å². The van der Waals surface area contributed by atoms with Gasteiger partial charge >= 0.3 is 6.09 Å². The number of aliphatic hydroxyl groups excluding tert-OH is 2. The largest absolute Gasteiger partial charge is 0.454 e. The van der Waals surface area contributed by atoms with Gasteiger partial charge in [0.1, 0.15) is 6.23 Å². The number of amides is 1. The van der Waals surface area contributed by atoms with Gasteiger partial charge in [0, 0.05) is 30.9 Å². The topological polar surface area (TPSA) is 138 Å². The highest BCUT2D eigenvalue weighted by Crippen LogP contribution is 2.35. The second-order valence-electron chi connectivity index (χ2n) is 11.1. The highest BCUT2D eigenvalue weighted by Gasteiger charge is 2.39. The Morgan fingerprint density at radius 2 is 1.63 bits per heavy atom. The van der Waals surface area contributed by atoms with Crippen LogP contribution in [0.1, 0.15) is 19.4 Å². The van der Waals surface area contributed by atoms with Gasteiger partial charge in [0.2, 0.25) is 16.8 Å². The number of nitrogens with zero attached hydrogens (tertiary/aromatic N) is 2. The number of para-hydroxylation sites is 1. The van der Waals surface area contributed by atoms with Crippen LogP contribution in [0.2, 0.25) is 0 Å². The third kappa shape index (κ3) is 7.28. The van der Waals surface area contributed by atoms with Crippen LogP contribution in [0.5, 0.6) is 11.5 Å². The van der Waals surface area contributed by atoms with E-state index in [0.29, 0.717) is 17.2 Å². The molecule has 11 nitrogen and oxygen atoms in total. The van der Waals surface area contributed by atoms with Crippen molar-refractivity contribution in [1.29, 1.82) is 0 Å². The first-order chi connectivity index (χ1) is 20.6. The highest BCUT2D eigenvalue weighted by molar-refractivity contribution is 7.89. The Morgan fingerprint density at radius 1 is 0.953 bits per heavy atom. The van der Waals surface area contributed by atoms with Gasteiger partial charge in [-0.05, 0) is 42.2 Å². The zero-order valence-electron chi connectivity index (χ0n) is 24.1. The Kier molecular flexibility index (Phi) is 9.52. The van der Waals surface area contributed by atoms with E-state index in [2.05, 4.69) is 5.32 Å². The van der Waals surface area contributed by atoms with Crippen LogP contribution in [0.15, 0.2) is 83.8 Å². The van der Waals surface area contributed by atoms with Crippen LogP contribution in [0.4, 0.5) is 10.5 Å². The average molecular weight is 612 g/mol. The molecule has 12 heteroatoms. The normalized spacial score (nSPS) is 18.6. The summed E-state index contributed by atoms with van der Waals surface area (Å²) in [5, 5.41) is 25.7. The van der Waals surface area contributed by atoms with Gasteiger partial charge in [-0.3, -0.25) is 10.2 Å². The number of fused-ring (bicyclic) bond motifs is 1. The van der Waals surface area contributed by atoms with E-state index in [1.807, 2.05) is 50.2 Å². The maximum atomic E-state index is 13.8. The zero-order valence-corrected chi connectivity index (χ0v) is 24.9. The summed E-state index contributed by atoms with van der Waals surface area (Å²) in [7, 11) is -4.04. The molecule has 2 heterocycles. The number of sulfonamides is 1. The molecule has 1 unspecified atom stereocenters. The van der Waals surface area contributed by atoms with E-state index in [4.69, 9.17) is 14.2 Å². The Labute approximate surface area is 251 Å². The minimum Gasteiger partial charge on any atom is -0.454 e. The number of benzene rings is 3. The van der Waals surface area contributed by atoms with E-state index in [-0.39, 0.29) is 43.7 Å². The minimum atomic E-state index is -4.04. The quantitative estimate of drug-likeness (QED) is 0.249. The molecule has 43 heavy (non-hydrogen) atoms. The van der Waals surface area contributed by atoms with Crippen LogP contribution in [-0.2, 0) is 21.2 Å². The molecule has 1 saturated heterocycles. The molecular formula is C31H37N3O8S. The van der Waals surface area contributed by atoms with Crippen molar-refractivity contribution in [3.05, 3.63) is 84.4 Å². The smallest absolute Gasteiger partial charge is 0.414 e. The van der Waals surface area contributed by atoms with E-state index in [9.17, 15) is 23.4 Å². The maximum Gasteiger partial charge on any atom is 0.414 e. The molecule has 0 saturated carbocycles. The molecule has 0 aromatic heterocycles. The predicted octanol–water partition coefficient (Wildman–Crippen LogP) is 2.97. The molecule has 0 bridgehead atoms. The standard InChI is InChI=1S/C31H37N3O8S/c1-21(2)17-33(43(38,39)24-13-14-27-28(16-24)41-20-40-27)18-26(35)25(15-22-9-5-3-6-10-22)32-30(36)29-19-34(31(37)42-29)23-11-7-4-8-12-23/h3-14,16,21,25-26,29-30,32,35-36H,15,17-20H2,1-2H3/t25-,26+,29-,30?/m0/s1. The molecule has 0 radical (unpaired) electrons. The van der Waals surface area contributed by atoms with Crippen LogP contribution >= 0.6 is 0 Å². The number of aliphatic hydroxyl groups is 2. The Balaban J connectivity index is 1.35.